The van der Waals surface area contributed by atoms with E-state index in [2.05, 4.69) is 4.74 Å². The van der Waals surface area contributed by atoms with Gasteiger partial charge in [-0.1, -0.05) is 0 Å². The molecular weight excluding hydrogens is 356 g/mol. The van der Waals surface area contributed by atoms with Gasteiger partial charge < -0.3 is 55.1 Å². The Bertz CT molecular complexity index is 198. The summed E-state index contributed by atoms with van der Waals surface area (Å²) >= 11 is 0. The second-order valence-corrected chi connectivity index (χ2v) is 4.86. The van der Waals surface area contributed by atoms with Gasteiger partial charge >= 0.3 is 0 Å². The Balaban J connectivity index is -0.000000310. The lowest BCUT2D eigenvalue weighted by atomic mass is 9.93. The maximum absolute atomic E-state index is 8.50. The molecule has 0 amide bonds. The molecule has 0 aliphatic heterocycles. The molecule has 8 N–H and O–H groups in total. The minimum Gasteiger partial charge on any atom is -0.396 e. The van der Waals surface area contributed by atoms with Crippen LogP contribution in [0.1, 0.15) is 0 Å². The van der Waals surface area contributed by atoms with E-state index in [1.54, 1.807) is 0 Å². The quantitative estimate of drug-likeness (QED) is 0.127. The number of aliphatic hydroxyl groups excluding tert-OH is 8. The van der Waals surface area contributed by atoms with Gasteiger partial charge in [0.15, 0.2) is 0 Å². The number of ether oxygens (including phenoxy) is 3. The highest BCUT2D eigenvalue weighted by Crippen LogP contribution is 2.11. The summed E-state index contributed by atoms with van der Waals surface area (Å²) in [7, 11) is 0. The van der Waals surface area contributed by atoms with Gasteiger partial charge in [-0.05, 0) is 0 Å². The highest BCUT2D eigenvalue weighted by molar-refractivity contribution is 4.74. The van der Waals surface area contributed by atoms with E-state index in [0.29, 0.717) is 39.6 Å². The Morgan fingerprint density at radius 1 is 0.385 bits per heavy atom. The number of hydrogen-bond donors (Lipinski definition) is 8. The first kappa shape index (κ1) is 30.3. The molecule has 0 bridgehead atoms. The summed E-state index contributed by atoms with van der Waals surface area (Å²) in [4.78, 5) is 0. The van der Waals surface area contributed by atoms with Crippen LogP contribution in [0.2, 0.25) is 0 Å². The summed E-state index contributed by atoms with van der Waals surface area (Å²) in [6.07, 6.45) is 0. The molecule has 0 fully saturated rings. The molecule has 0 aliphatic rings. The molecule has 162 valence electrons. The predicted octanol–water partition coefficient (Wildman–Crippen LogP) is -4.07. The van der Waals surface area contributed by atoms with Crippen LogP contribution in [0.3, 0.4) is 0 Å². The number of rotatable bonds is 15. The van der Waals surface area contributed by atoms with Gasteiger partial charge in [-0.25, -0.2) is 0 Å². The Kier molecular flexibility index (Phi) is 31.2. The van der Waals surface area contributed by atoms with Gasteiger partial charge in [-0.15, -0.1) is 0 Å². The maximum atomic E-state index is 8.50. The molecule has 11 nitrogen and oxygen atoms in total. The van der Waals surface area contributed by atoms with Crippen LogP contribution in [0.25, 0.3) is 0 Å². The third kappa shape index (κ3) is 23.6. The van der Waals surface area contributed by atoms with Crippen LogP contribution >= 0.6 is 0 Å². The van der Waals surface area contributed by atoms with Crippen LogP contribution in [-0.2, 0) is 14.2 Å². The monoisotopic (exact) mass is 392 g/mol. The fourth-order valence-electron chi connectivity index (χ4n) is 0.982. The Hall–Kier alpha value is -0.440. The van der Waals surface area contributed by atoms with Gasteiger partial charge in [0.2, 0.25) is 0 Å². The van der Waals surface area contributed by atoms with Gasteiger partial charge in [0.1, 0.15) is 0 Å². The van der Waals surface area contributed by atoms with E-state index in [4.69, 9.17) is 50.3 Å². The summed E-state index contributed by atoms with van der Waals surface area (Å²) in [5.41, 5.74) is -1.11. The Morgan fingerprint density at radius 2 is 0.615 bits per heavy atom. The van der Waals surface area contributed by atoms with E-state index in [0.717, 1.165) is 0 Å². The van der Waals surface area contributed by atoms with Crippen LogP contribution in [-0.4, -0.2) is 133 Å². The Labute approximate surface area is 154 Å². The topological polar surface area (TPSA) is 190 Å². The van der Waals surface area contributed by atoms with E-state index in [9.17, 15) is 0 Å². The van der Waals surface area contributed by atoms with Crippen molar-refractivity contribution in [3.63, 3.8) is 0 Å². The van der Waals surface area contributed by atoms with Crippen molar-refractivity contribution in [2.45, 2.75) is 0 Å². The van der Waals surface area contributed by atoms with E-state index >= 15 is 0 Å². The lowest BCUT2D eigenvalue weighted by Gasteiger charge is -2.23. The van der Waals surface area contributed by atoms with Crippen LogP contribution in [0.15, 0.2) is 0 Å². The smallest absolute Gasteiger partial charge is 0.0701 e. The van der Waals surface area contributed by atoms with Crippen molar-refractivity contribution < 1.29 is 55.1 Å². The summed E-state index contributed by atoms with van der Waals surface area (Å²) in [5, 5.41) is 66.7. The third-order valence-electron chi connectivity index (χ3n) is 2.66. The third-order valence-corrected chi connectivity index (χ3v) is 2.66. The standard InChI is InChI=1S/C6H14O4.C5H12O4.C4H10O3/c7-1-3-9-5-6-10-4-2-8;6-1-5(2-7,3-8)4-9;5-1-3-7-4-2-6/h7-8H,1-6H2;6-9H,1-4H2;5-6H,1-4H2. The van der Waals surface area contributed by atoms with Gasteiger partial charge in [0.25, 0.3) is 0 Å². The minimum absolute atomic E-state index is 0.0278. The first-order chi connectivity index (χ1) is 12.6. The van der Waals surface area contributed by atoms with Crippen LogP contribution < -0.4 is 0 Å². The molecule has 0 saturated carbocycles. The average Bonchev–Trinajstić information content (AvgIpc) is 2.68. The number of hydrogen-bond acceptors (Lipinski definition) is 11. The van der Waals surface area contributed by atoms with Crippen molar-refractivity contribution in [1.29, 1.82) is 0 Å². The van der Waals surface area contributed by atoms with E-state index in [1.807, 2.05) is 0 Å². The summed E-state index contributed by atoms with van der Waals surface area (Å²) in [6.45, 7) is 0.799. The lowest BCUT2D eigenvalue weighted by molar-refractivity contribution is -0.0328. The van der Waals surface area contributed by atoms with Crippen molar-refractivity contribution in [3.05, 3.63) is 0 Å². The van der Waals surface area contributed by atoms with E-state index < -0.39 is 31.8 Å². The summed E-state index contributed by atoms with van der Waals surface area (Å²) in [5.74, 6) is 0. The summed E-state index contributed by atoms with van der Waals surface area (Å²) in [6, 6.07) is 0. The molecule has 0 radical (unpaired) electrons. The van der Waals surface area contributed by atoms with Gasteiger partial charge in [0.05, 0.1) is 97.9 Å². The molecule has 0 aromatic heterocycles. The molecule has 0 aromatic carbocycles. The fraction of sp³-hybridized carbons (Fsp3) is 1.00. The van der Waals surface area contributed by atoms with Crippen molar-refractivity contribution in [2.24, 2.45) is 5.41 Å². The summed E-state index contributed by atoms with van der Waals surface area (Å²) < 4.78 is 14.4. The zero-order valence-corrected chi connectivity index (χ0v) is 15.2. The second-order valence-electron chi connectivity index (χ2n) is 4.86. The number of aliphatic hydroxyl groups is 8. The van der Waals surface area contributed by atoms with Gasteiger partial charge in [-0.2, -0.15) is 0 Å². The zero-order valence-electron chi connectivity index (χ0n) is 15.2. The molecule has 0 rings (SSSR count). The first-order valence-electron chi connectivity index (χ1n) is 8.18. The van der Waals surface area contributed by atoms with Crippen molar-refractivity contribution in [2.75, 3.05) is 92.5 Å². The Morgan fingerprint density at radius 3 is 0.769 bits per heavy atom. The van der Waals surface area contributed by atoms with Gasteiger partial charge in [-0.3, -0.25) is 0 Å². The average molecular weight is 392 g/mol. The van der Waals surface area contributed by atoms with Crippen molar-refractivity contribution in [3.8, 4) is 0 Å². The molecule has 26 heavy (non-hydrogen) atoms. The maximum Gasteiger partial charge on any atom is 0.0701 e. The van der Waals surface area contributed by atoms with Crippen LogP contribution in [0.5, 0.6) is 0 Å². The fourth-order valence-corrected chi connectivity index (χ4v) is 0.982. The molecule has 0 saturated heterocycles. The molecule has 0 spiro atoms. The molecule has 0 unspecified atom stereocenters. The zero-order chi connectivity index (χ0) is 20.5. The first-order valence-corrected chi connectivity index (χ1v) is 8.18. The molecular formula is C15H36O11. The second kappa shape index (κ2) is 26.8. The van der Waals surface area contributed by atoms with Crippen molar-refractivity contribution >= 4 is 0 Å². The molecule has 0 atom stereocenters. The van der Waals surface area contributed by atoms with Gasteiger partial charge in [0, 0.05) is 0 Å². The highest BCUT2D eigenvalue weighted by Gasteiger charge is 2.26. The molecule has 0 heterocycles. The van der Waals surface area contributed by atoms with E-state index in [-0.39, 0.29) is 26.4 Å². The molecule has 0 aromatic rings. The molecule has 11 heteroatoms. The lowest BCUT2D eigenvalue weighted by Crippen LogP contribution is -2.37. The molecule has 0 aliphatic carbocycles. The highest BCUT2D eigenvalue weighted by atomic mass is 16.5. The van der Waals surface area contributed by atoms with Crippen LogP contribution in [0.4, 0.5) is 0 Å². The van der Waals surface area contributed by atoms with E-state index in [1.165, 1.54) is 0 Å². The largest absolute Gasteiger partial charge is 0.396 e. The van der Waals surface area contributed by atoms with Crippen LogP contribution in [0, 0.1) is 5.41 Å². The normalized spacial score (nSPS) is 10.6. The predicted molar refractivity (Wildman–Crippen MR) is 91.6 cm³/mol. The SMILES string of the molecule is OCC(CO)(CO)CO.OCCOCCO.OCCOCCOCCO. The van der Waals surface area contributed by atoms with Crippen molar-refractivity contribution in [1.82, 2.24) is 0 Å². The minimum atomic E-state index is -1.11.